The highest BCUT2D eigenvalue weighted by Crippen LogP contribution is 2.32. The summed E-state index contributed by atoms with van der Waals surface area (Å²) in [6.45, 7) is 0.909. The summed E-state index contributed by atoms with van der Waals surface area (Å²) in [6, 6.07) is 7.59. The van der Waals surface area contributed by atoms with Crippen LogP contribution in [0.4, 0.5) is 0 Å². The van der Waals surface area contributed by atoms with Crippen LogP contribution in [0, 0.1) is 0 Å². The topological polar surface area (TPSA) is 76.3 Å². The molecule has 2 aliphatic rings. The fourth-order valence-electron chi connectivity index (χ4n) is 4.28. The van der Waals surface area contributed by atoms with Gasteiger partial charge >= 0.3 is 0 Å². The Bertz CT molecular complexity index is 1110. The molecule has 0 radical (unpaired) electrons. The van der Waals surface area contributed by atoms with E-state index in [4.69, 9.17) is 4.42 Å². The third-order valence-electron chi connectivity index (χ3n) is 5.90. The fourth-order valence-corrected chi connectivity index (χ4v) is 6.49. The number of piperidine rings is 1. The molecule has 2 aromatic heterocycles. The first-order chi connectivity index (χ1) is 14.1. The molecule has 0 bridgehead atoms. The molecule has 3 aromatic rings. The minimum Gasteiger partial charge on any atom is -0.420 e. The Kier molecular flexibility index (Phi) is 5.01. The van der Waals surface area contributed by atoms with Gasteiger partial charge in [0, 0.05) is 24.0 Å². The lowest BCUT2D eigenvalue weighted by Gasteiger charge is -2.30. The molecule has 1 fully saturated rings. The summed E-state index contributed by atoms with van der Waals surface area (Å²) in [5, 5.41) is 12.3. The van der Waals surface area contributed by atoms with Crippen LogP contribution < -0.4 is 0 Å². The van der Waals surface area contributed by atoms with Crippen molar-refractivity contribution in [2.75, 3.05) is 13.1 Å². The van der Waals surface area contributed by atoms with Gasteiger partial charge in [-0.15, -0.1) is 10.2 Å². The molecule has 3 heterocycles. The van der Waals surface area contributed by atoms with E-state index in [1.165, 1.54) is 17.5 Å². The second-order valence-corrected chi connectivity index (χ2v) is 10.5. The number of rotatable bonds is 4. The number of nitrogens with zero attached hydrogens (tertiary/aromatic N) is 3. The van der Waals surface area contributed by atoms with E-state index in [2.05, 4.69) is 10.2 Å². The standard InChI is InChI=1S/C21H23N3O3S2/c25-29(26,19-8-7-15-4-1-2-5-16(15)12-19)24-10-3-6-17(13-24)20-22-23-21(27-20)18-9-11-28-14-18/h7-9,11-12,14,17H,1-6,10,13H2. The normalized spacial score (nSPS) is 20.5. The maximum absolute atomic E-state index is 13.3. The highest BCUT2D eigenvalue weighted by molar-refractivity contribution is 7.89. The van der Waals surface area contributed by atoms with Crippen molar-refractivity contribution in [1.82, 2.24) is 14.5 Å². The lowest BCUT2D eigenvalue weighted by atomic mass is 9.92. The van der Waals surface area contributed by atoms with Crippen LogP contribution in [0.15, 0.2) is 44.3 Å². The minimum atomic E-state index is -3.53. The van der Waals surface area contributed by atoms with Gasteiger partial charge in [-0.05, 0) is 73.2 Å². The summed E-state index contributed by atoms with van der Waals surface area (Å²) in [6.07, 6.45) is 5.96. The zero-order valence-electron chi connectivity index (χ0n) is 16.1. The quantitative estimate of drug-likeness (QED) is 0.620. The minimum absolute atomic E-state index is 0.0731. The SMILES string of the molecule is O=S(=O)(c1ccc2c(c1)CCCC2)N1CCCC(c2nnc(-c3ccsc3)o2)C1. The number of hydrogen-bond acceptors (Lipinski definition) is 6. The van der Waals surface area contributed by atoms with Crippen LogP contribution in [0.2, 0.25) is 0 Å². The van der Waals surface area contributed by atoms with Gasteiger partial charge in [-0.25, -0.2) is 8.42 Å². The van der Waals surface area contributed by atoms with E-state index in [1.807, 2.05) is 29.0 Å². The summed E-state index contributed by atoms with van der Waals surface area (Å²) in [7, 11) is -3.53. The summed E-state index contributed by atoms with van der Waals surface area (Å²) < 4.78 is 34.1. The van der Waals surface area contributed by atoms with Crippen molar-refractivity contribution in [2.45, 2.75) is 49.3 Å². The van der Waals surface area contributed by atoms with Gasteiger partial charge in [0.05, 0.1) is 10.8 Å². The van der Waals surface area contributed by atoms with Crippen LogP contribution in [0.25, 0.3) is 11.5 Å². The Morgan fingerprint density at radius 2 is 1.93 bits per heavy atom. The first-order valence-electron chi connectivity index (χ1n) is 10.1. The summed E-state index contributed by atoms with van der Waals surface area (Å²) >= 11 is 1.57. The number of sulfonamides is 1. The van der Waals surface area contributed by atoms with E-state index in [0.29, 0.717) is 29.8 Å². The molecule has 152 valence electrons. The van der Waals surface area contributed by atoms with Gasteiger partial charge in [0.15, 0.2) is 0 Å². The lowest BCUT2D eigenvalue weighted by molar-refractivity contribution is 0.286. The van der Waals surface area contributed by atoms with Crippen molar-refractivity contribution < 1.29 is 12.8 Å². The number of thiophene rings is 1. The van der Waals surface area contributed by atoms with Gasteiger partial charge in [-0.3, -0.25) is 0 Å². The molecule has 1 aliphatic heterocycles. The van der Waals surface area contributed by atoms with Crippen molar-refractivity contribution >= 4 is 21.4 Å². The van der Waals surface area contributed by atoms with Gasteiger partial charge in [-0.2, -0.15) is 15.6 Å². The van der Waals surface area contributed by atoms with E-state index in [1.54, 1.807) is 21.7 Å². The molecule has 1 saturated heterocycles. The first kappa shape index (κ1) is 19.0. The smallest absolute Gasteiger partial charge is 0.248 e. The van der Waals surface area contributed by atoms with Crippen molar-refractivity contribution in [3.8, 4) is 11.5 Å². The maximum atomic E-state index is 13.3. The van der Waals surface area contributed by atoms with Crippen molar-refractivity contribution in [3.63, 3.8) is 0 Å². The van der Waals surface area contributed by atoms with E-state index >= 15 is 0 Å². The fraction of sp³-hybridized carbons (Fsp3) is 0.429. The average Bonchev–Trinajstić information content (AvgIpc) is 3.45. The van der Waals surface area contributed by atoms with E-state index in [9.17, 15) is 8.42 Å². The van der Waals surface area contributed by atoms with Crippen LogP contribution in [-0.4, -0.2) is 36.0 Å². The lowest BCUT2D eigenvalue weighted by Crippen LogP contribution is -2.39. The van der Waals surface area contributed by atoms with Crippen LogP contribution in [-0.2, 0) is 22.9 Å². The molecule has 0 spiro atoms. The van der Waals surface area contributed by atoms with Gasteiger partial charge in [0.1, 0.15) is 0 Å². The monoisotopic (exact) mass is 429 g/mol. The molecule has 1 unspecified atom stereocenters. The molecule has 0 amide bonds. The molecular formula is C21H23N3O3S2. The van der Waals surface area contributed by atoms with E-state index in [0.717, 1.165) is 37.7 Å². The molecular weight excluding hydrogens is 406 g/mol. The van der Waals surface area contributed by atoms with Gasteiger partial charge < -0.3 is 4.42 Å². The predicted octanol–water partition coefficient (Wildman–Crippen LogP) is 4.25. The average molecular weight is 430 g/mol. The molecule has 5 rings (SSSR count). The van der Waals surface area contributed by atoms with Gasteiger partial charge in [0.2, 0.25) is 21.8 Å². The number of benzene rings is 1. The highest BCUT2D eigenvalue weighted by atomic mass is 32.2. The molecule has 8 heteroatoms. The van der Waals surface area contributed by atoms with Crippen LogP contribution in [0.3, 0.4) is 0 Å². The zero-order valence-corrected chi connectivity index (χ0v) is 17.7. The summed E-state index contributed by atoms with van der Waals surface area (Å²) in [5.74, 6) is 0.948. The molecule has 1 aliphatic carbocycles. The Balaban J connectivity index is 1.37. The predicted molar refractivity (Wildman–Crippen MR) is 111 cm³/mol. The third-order valence-corrected chi connectivity index (χ3v) is 8.44. The Morgan fingerprint density at radius 1 is 1.07 bits per heavy atom. The Labute approximate surface area is 174 Å². The van der Waals surface area contributed by atoms with Crippen LogP contribution in [0.5, 0.6) is 0 Å². The highest BCUT2D eigenvalue weighted by Gasteiger charge is 2.33. The van der Waals surface area contributed by atoms with E-state index < -0.39 is 10.0 Å². The number of aromatic nitrogens is 2. The third kappa shape index (κ3) is 3.65. The second kappa shape index (κ2) is 7.66. The van der Waals surface area contributed by atoms with Crippen LogP contribution >= 0.6 is 11.3 Å². The Hall–Kier alpha value is -2.03. The first-order valence-corrected chi connectivity index (χ1v) is 12.5. The molecule has 6 nitrogen and oxygen atoms in total. The summed E-state index contributed by atoms with van der Waals surface area (Å²) in [4.78, 5) is 0.406. The zero-order chi connectivity index (χ0) is 19.8. The van der Waals surface area contributed by atoms with Crippen molar-refractivity contribution in [2.24, 2.45) is 0 Å². The van der Waals surface area contributed by atoms with Gasteiger partial charge in [0.25, 0.3) is 0 Å². The van der Waals surface area contributed by atoms with Crippen LogP contribution in [0.1, 0.15) is 48.6 Å². The molecule has 0 saturated carbocycles. The van der Waals surface area contributed by atoms with Crippen molar-refractivity contribution in [1.29, 1.82) is 0 Å². The van der Waals surface area contributed by atoms with Crippen molar-refractivity contribution in [3.05, 3.63) is 52.0 Å². The Morgan fingerprint density at radius 3 is 2.76 bits per heavy atom. The summed E-state index contributed by atoms with van der Waals surface area (Å²) in [5.41, 5.74) is 3.38. The molecule has 1 atom stereocenters. The number of hydrogen-bond donors (Lipinski definition) is 0. The molecule has 1 aromatic carbocycles. The molecule has 0 N–H and O–H groups in total. The number of fused-ring (bicyclic) bond motifs is 1. The second-order valence-electron chi connectivity index (χ2n) is 7.80. The molecule has 29 heavy (non-hydrogen) atoms. The van der Waals surface area contributed by atoms with Gasteiger partial charge in [-0.1, -0.05) is 6.07 Å². The number of aryl methyl sites for hydroxylation is 2. The van der Waals surface area contributed by atoms with E-state index in [-0.39, 0.29) is 5.92 Å². The largest absolute Gasteiger partial charge is 0.420 e. The maximum Gasteiger partial charge on any atom is 0.248 e.